The molecule has 1 aliphatic heterocycles. The van der Waals surface area contributed by atoms with Gasteiger partial charge < -0.3 is 4.74 Å². The van der Waals surface area contributed by atoms with Gasteiger partial charge in [0.1, 0.15) is 6.29 Å². The molecule has 2 rings (SSSR count). The summed E-state index contributed by atoms with van der Waals surface area (Å²) in [4.78, 5) is 11.3. The normalized spacial score (nSPS) is 38.5. The van der Waals surface area contributed by atoms with E-state index in [2.05, 4.69) is 39.5 Å². The summed E-state index contributed by atoms with van der Waals surface area (Å²) in [7, 11) is 0. The van der Waals surface area contributed by atoms with Crippen molar-refractivity contribution >= 4 is 6.29 Å². The molecule has 22 heavy (non-hydrogen) atoms. The predicted octanol–water partition coefficient (Wildman–Crippen LogP) is 5.15. The third-order valence-electron chi connectivity index (χ3n) is 5.26. The first-order valence-corrected chi connectivity index (χ1v) is 8.57. The summed E-state index contributed by atoms with van der Waals surface area (Å²) in [6.45, 7) is 10.7. The lowest BCUT2D eigenvalue weighted by Gasteiger charge is -2.16. The molecule has 3 atom stereocenters. The second-order valence-electron chi connectivity index (χ2n) is 7.26. The fraction of sp³-hybridized carbons (Fsp3) is 0.650. The Morgan fingerprint density at radius 3 is 2.82 bits per heavy atom. The fourth-order valence-corrected chi connectivity index (χ4v) is 3.35. The minimum Gasteiger partial charge on any atom is -0.366 e. The predicted molar refractivity (Wildman–Crippen MR) is 91.8 cm³/mol. The Kier molecular flexibility index (Phi) is 5.80. The molecular formula is C20H30O2. The van der Waals surface area contributed by atoms with Crippen LogP contribution in [0.3, 0.4) is 0 Å². The number of hydrogen-bond acceptors (Lipinski definition) is 2. The van der Waals surface area contributed by atoms with Crippen molar-refractivity contribution in [3.05, 3.63) is 35.5 Å². The number of aldehydes is 1. The Morgan fingerprint density at radius 2 is 2.14 bits per heavy atom. The van der Waals surface area contributed by atoms with E-state index >= 15 is 0 Å². The second-order valence-corrected chi connectivity index (χ2v) is 7.26. The topological polar surface area (TPSA) is 29.6 Å². The number of fused-ring (bicyclic) bond motifs is 1. The molecule has 2 heteroatoms. The zero-order valence-corrected chi connectivity index (χ0v) is 14.4. The third-order valence-corrected chi connectivity index (χ3v) is 5.26. The first kappa shape index (κ1) is 17.2. The maximum atomic E-state index is 11.3. The highest BCUT2D eigenvalue weighted by Gasteiger charge is 2.50. The Balaban J connectivity index is 2.09. The summed E-state index contributed by atoms with van der Waals surface area (Å²) in [6.07, 6.45) is 13.0. The van der Waals surface area contributed by atoms with Gasteiger partial charge in [-0.25, -0.2) is 0 Å². The summed E-state index contributed by atoms with van der Waals surface area (Å²) in [5, 5.41) is 0. The van der Waals surface area contributed by atoms with Crippen LogP contribution in [0.1, 0.15) is 65.7 Å². The smallest absolute Gasteiger partial charge is 0.145 e. The molecular weight excluding hydrogens is 272 g/mol. The number of ether oxygens (including phenoxy) is 1. The zero-order chi connectivity index (χ0) is 16.2. The molecule has 1 heterocycles. The average Bonchev–Trinajstić information content (AvgIpc) is 3.11. The van der Waals surface area contributed by atoms with Gasteiger partial charge in [0.05, 0.1) is 11.7 Å². The number of carbonyl (C=O) groups is 1. The molecule has 0 bridgehead atoms. The van der Waals surface area contributed by atoms with E-state index in [1.807, 2.05) is 0 Å². The van der Waals surface area contributed by atoms with Gasteiger partial charge in [-0.15, -0.1) is 0 Å². The Hall–Kier alpha value is -1.15. The van der Waals surface area contributed by atoms with Crippen LogP contribution in [0.4, 0.5) is 0 Å². The number of epoxide rings is 1. The van der Waals surface area contributed by atoms with Crippen molar-refractivity contribution in [3.63, 3.8) is 0 Å². The second kappa shape index (κ2) is 7.41. The summed E-state index contributed by atoms with van der Waals surface area (Å²) in [6, 6.07) is 0. The van der Waals surface area contributed by atoms with Crippen molar-refractivity contribution in [1.82, 2.24) is 0 Å². The van der Waals surface area contributed by atoms with Crippen LogP contribution in [0.5, 0.6) is 0 Å². The van der Waals surface area contributed by atoms with Gasteiger partial charge in [-0.1, -0.05) is 29.9 Å². The molecule has 0 aromatic carbocycles. The molecule has 1 aliphatic carbocycles. The first-order valence-electron chi connectivity index (χ1n) is 8.57. The van der Waals surface area contributed by atoms with E-state index in [-0.39, 0.29) is 5.60 Å². The molecule has 1 saturated heterocycles. The standard InChI is InChI=1S/C20H30O2/c1-15(2)18-10-7-16(3)6-5-13-20(4)19(22-20)12-9-17(14-21)8-11-18/h6,8,14,18-19H,1,5,7,9-13H2,2-4H3/b16-6+,17-8+/t18-,19+,20+/m0/s1. The Bertz CT molecular complexity index is 486. The minimum absolute atomic E-state index is 0.0368. The van der Waals surface area contributed by atoms with E-state index in [1.165, 1.54) is 11.1 Å². The van der Waals surface area contributed by atoms with Crippen LogP contribution in [-0.4, -0.2) is 18.0 Å². The van der Waals surface area contributed by atoms with Gasteiger partial charge in [-0.3, -0.25) is 4.79 Å². The van der Waals surface area contributed by atoms with Crippen LogP contribution in [0.2, 0.25) is 0 Å². The maximum absolute atomic E-state index is 11.3. The average molecular weight is 302 g/mol. The van der Waals surface area contributed by atoms with Crippen molar-refractivity contribution in [1.29, 1.82) is 0 Å². The molecule has 0 spiro atoms. The van der Waals surface area contributed by atoms with Crippen LogP contribution in [0, 0.1) is 5.92 Å². The number of rotatable bonds is 2. The van der Waals surface area contributed by atoms with Gasteiger partial charge in [-0.2, -0.15) is 0 Å². The van der Waals surface area contributed by atoms with Crippen LogP contribution in [0.25, 0.3) is 0 Å². The van der Waals surface area contributed by atoms with E-state index in [0.29, 0.717) is 12.0 Å². The van der Waals surface area contributed by atoms with E-state index < -0.39 is 0 Å². The Labute approximate surface area is 135 Å². The van der Waals surface area contributed by atoms with Crippen molar-refractivity contribution < 1.29 is 9.53 Å². The number of carbonyl (C=O) groups excluding carboxylic acids is 1. The highest BCUT2D eigenvalue weighted by Crippen LogP contribution is 2.43. The van der Waals surface area contributed by atoms with E-state index in [1.54, 1.807) is 0 Å². The fourth-order valence-electron chi connectivity index (χ4n) is 3.35. The molecule has 0 unspecified atom stereocenters. The van der Waals surface area contributed by atoms with Crippen LogP contribution < -0.4 is 0 Å². The molecule has 0 aromatic rings. The van der Waals surface area contributed by atoms with Gasteiger partial charge in [0, 0.05) is 0 Å². The molecule has 0 radical (unpaired) electrons. The molecule has 0 saturated carbocycles. The number of allylic oxidation sites excluding steroid dienone is 5. The van der Waals surface area contributed by atoms with Crippen molar-refractivity contribution in [2.24, 2.45) is 5.92 Å². The van der Waals surface area contributed by atoms with Crippen LogP contribution in [-0.2, 0) is 9.53 Å². The largest absolute Gasteiger partial charge is 0.366 e. The lowest BCUT2D eigenvalue weighted by molar-refractivity contribution is -0.105. The van der Waals surface area contributed by atoms with Gasteiger partial charge in [0.15, 0.2) is 0 Å². The molecule has 2 nitrogen and oxygen atoms in total. The summed E-state index contributed by atoms with van der Waals surface area (Å²) < 4.78 is 5.88. The SMILES string of the molecule is C=C(C)[C@@H]1C/C=C(/C=O)CC[C@H]2O[C@]2(C)CC/C=C(\C)CC1. The lowest BCUT2D eigenvalue weighted by atomic mass is 9.89. The monoisotopic (exact) mass is 302 g/mol. The van der Waals surface area contributed by atoms with Crippen LogP contribution >= 0.6 is 0 Å². The highest BCUT2D eigenvalue weighted by molar-refractivity contribution is 5.73. The first-order chi connectivity index (χ1) is 10.4. The van der Waals surface area contributed by atoms with Gasteiger partial charge >= 0.3 is 0 Å². The summed E-state index contributed by atoms with van der Waals surface area (Å²) >= 11 is 0. The molecule has 0 amide bonds. The van der Waals surface area contributed by atoms with Crippen molar-refractivity contribution in [3.8, 4) is 0 Å². The molecule has 0 aromatic heterocycles. The highest BCUT2D eigenvalue weighted by atomic mass is 16.6. The van der Waals surface area contributed by atoms with Gasteiger partial charge in [0.25, 0.3) is 0 Å². The van der Waals surface area contributed by atoms with E-state index in [0.717, 1.165) is 56.8 Å². The van der Waals surface area contributed by atoms with E-state index in [9.17, 15) is 4.79 Å². The third kappa shape index (κ3) is 4.67. The van der Waals surface area contributed by atoms with Crippen molar-refractivity contribution in [2.45, 2.75) is 77.4 Å². The molecule has 1 fully saturated rings. The van der Waals surface area contributed by atoms with Crippen molar-refractivity contribution in [2.75, 3.05) is 0 Å². The maximum Gasteiger partial charge on any atom is 0.145 e. The molecule has 2 aliphatic rings. The zero-order valence-electron chi connectivity index (χ0n) is 14.4. The Morgan fingerprint density at radius 1 is 1.36 bits per heavy atom. The summed E-state index contributed by atoms with van der Waals surface area (Å²) in [5.41, 5.74) is 3.64. The van der Waals surface area contributed by atoms with Crippen LogP contribution in [0.15, 0.2) is 35.5 Å². The minimum atomic E-state index is 0.0368. The lowest BCUT2D eigenvalue weighted by Crippen LogP contribution is -2.10. The van der Waals surface area contributed by atoms with Gasteiger partial charge in [0.2, 0.25) is 0 Å². The quantitative estimate of drug-likeness (QED) is 0.401. The molecule has 122 valence electrons. The summed E-state index contributed by atoms with van der Waals surface area (Å²) in [5.74, 6) is 0.476. The van der Waals surface area contributed by atoms with Gasteiger partial charge in [-0.05, 0) is 77.2 Å². The number of hydrogen-bond donors (Lipinski definition) is 0. The molecule has 0 N–H and O–H groups in total. The van der Waals surface area contributed by atoms with E-state index in [4.69, 9.17) is 4.74 Å².